The highest BCUT2D eigenvalue weighted by atomic mass is 19.1. The average molecular weight is 456 g/mol. The number of halogens is 1. The molecule has 6 rings (SSSR count). The van der Waals surface area contributed by atoms with Gasteiger partial charge in [0.1, 0.15) is 17.3 Å². The van der Waals surface area contributed by atoms with E-state index in [2.05, 4.69) is 61.3 Å². The Morgan fingerprint density at radius 2 is 1.82 bits per heavy atom. The predicted octanol–water partition coefficient (Wildman–Crippen LogP) is 3.56. The van der Waals surface area contributed by atoms with Crippen LogP contribution in [-0.2, 0) is 6.54 Å². The molecule has 172 valence electrons. The van der Waals surface area contributed by atoms with Crippen LogP contribution in [0, 0.1) is 12.7 Å². The number of benzene rings is 2. The molecule has 0 unspecified atom stereocenters. The first-order valence-electron chi connectivity index (χ1n) is 11.7. The Balaban J connectivity index is 1.41. The van der Waals surface area contributed by atoms with Gasteiger partial charge in [-0.15, -0.1) is 0 Å². The third kappa shape index (κ3) is 3.70. The molecule has 0 bridgehead atoms. The third-order valence-corrected chi connectivity index (χ3v) is 6.56. The molecule has 0 saturated carbocycles. The minimum Gasteiger partial charge on any atom is -0.369 e. The van der Waals surface area contributed by atoms with Crippen molar-refractivity contribution in [1.29, 1.82) is 0 Å². The maximum Gasteiger partial charge on any atom is 0.251 e. The van der Waals surface area contributed by atoms with Gasteiger partial charge in [-0.2, -0.15) is 4.98 Å². The van der Waals surface area contributed by atoms with Crippen molar-refractivity contribution in [2.45, 2.75) is 13.5 Å². The largest absolute Gasteiger partial charge is 0.369 e. The molecule has 7 nitrogen and oxygen atoms in total. The maximum atomic E-state index is 14.9. The quantitative estimate of drug-likeness (QED) is 0.494. The molecule has 1 saturated heterocycles. The summed E-state index contributed by atoms with van der Waals surface area (Å²) < 4.78 is 17.1. The summed E-state index contributed by atoms with van der Waals surface area (Å²) in [7, 11) is 0. The minimum absolute atomic E-state index is 0.245. The van der Waals surface area contributed by atoms with Crippen LogP contribution in [0.3, 0.4) is 0 Å². The van der Waals surface area contributed by atoms with Crippen LogP contribution in [-0.4, -0.2) is 47.3 Å². The Kier molecular flexibility index (Phi) is 5.22. The van der Waals surface area contributed by atoms with Crippen molar-refractivity contribution in [3.63, 3.8) is 0 Å². The van der Waals surface area contributed by atoms with Gasteiger partial charge in [-0.1, -0.05) is 24.3 Å². The van der Waals surface area contributed by atoms with Crippen LogP contribution in [0.1, 0.15) is 5.56 Å². The van der Waals surface area contributed by atoms with Crippen LogP contribution < -0.4 is 21.2 Å². The highest BCUT2D eigenvalue weighted by Crippen LogP contribution is 2.37. The average Bonchev–Trinajstić information content (AvgIpc) is 3.36. The summed E-state index contributed by atoms with van der Waals surface area (Å²) in [6.45, 7) is 7.29. The predicted molar refractivity (Wildman–Crippen MR) is 132 cm³/mol. The van der Waals surface area contributed by atoms with E-state index in [4.69, 9.17) is 4.98 Å². The molecule has 0 radical (unpaired) electrons. The first kappa shape index (κ1) is 20.8. The van der Waals surface area contributed by atoms with Gasteiger partial charge in [0, 0.05) is 62.3 Å². The van der Waals surface area contributed by atoms with Gasteiger partial charge in [-0.25, -0.2) is 14.4 Å². The van der Waals surface area contributed by atoms with E-state index in [0.29, 0.717) is 0 Å². The Labute approximate surface area is 197 Å². The molecular formula is C26H26FN7. The number of piperazine rings is 1. The molecule has 4 aliphatic heterocycles. The number of aromatic nitrogens is 3. The van der Waals surface area contributed by atoms with Crippen molar-refractivity contribution >= 4 is 17.2 Å². The number of hydrogen-bond donors (Lipinski definition) is 2. The molecule has 4 aliphatic rings. The Morgan fingerprint density at radius 1 is 0.971 bits per heavy atom. The Hall–Kier alpha value is -3.78. The fourth-order valence-electron chi connectivity index (χ4n) is 4.81. The third-order valence-electron chi connectivity index (χ3n) is 6.56. The molecule has 2 aromatic carbocycles. The molecule has 0 aromatic heterocycles. The smallest absolute Gasteiger partial charge is 0.251 e. The zero-order valence-corrected chi connectivity index (χ0v) is 19.1. The van der Waals surface area contributed by atoms with E-state index in [1.54, 1.807) is 18.3 Å². The van der Waals surface area contributed by atoms with Crippen molar-refractivity contribution in [3.05, 3.63) is 71.7 Å². The van der Waals surface area contributed by atoms with Crippen LogP contribution in [0.2, 0.25) is 0 Å². The van der Waals surface area contributed by atoms with Crippen LogP contribution in [0.15, 0.2) is 59.7 Å². The van der Waals surface area contributed by atoms with Gasteiger partial charge in [-0.3, -0.25) is 0 Å². The molecule has 2 aromatic rings. The Bertz CT molecular complexity index is 1400. The molecule has 2 N–H and O–H groups in total. The normalized spacial score (nSPS) is 16.1. The minimum atomic E-state index is -0.367. The second-order valence-electron chi connectivity index (χ2n) is 8.73. The van der Waals surface area contributed by atoms with Gasteiger partial charge in [0.05, 0.1) is 0 Å². The molecule has 0 atom stereocenters. The molecule has 34 heavy (non-hydrogen) atoms. The molecule has 0 amide bonds. The molecular weight excluding hydrogens is 429 g/mol. The van der Waals surface area contributed by atoms with Crippen molar-refractivity contribution < 1.29 is 4.39 Å². The Morgan fingerprint density at radius 3 is 2.65 bits per heavy atom. The summed E-state index contributed by atoms with van der Waals surface area (Å²) >= 11 is 0. The zero-order chi connectivity index (χ0) is 23.1. The second kappa shape index (κ2) is 8.53. The van der Waals surface area contributed by atoms with Gasteiger partial charge in [-0.05, 0) is 42.3 Å². The van der Waals surface area contributed by atoms with Crippen LogP contribution in [0.25, 0.3) is 22.5 Å². The van der Waals surface area contributed by atoms with Crippen molar-refractivity contribution in [2.75, 3.05) is 42.9 Å². The summed E-state index contributed by atoms with van der Waals surface area (Å²) in [5.74, 6) is 1.47. The zero-order valence-electron chi connectivity index (χ0n) is 19.1. The van der Waals surface area contributed by atoms with Gasteiger partial charge in [0.2, 0.25) is 0 Å². The number of nitrogens with zero attached hydrogens (tertiary/aromatic N) is 5. The van der Waals surface area contributed by atoms with Gasteiger partial charge in [0.25, 0.3) is 5.62 Å². The lowest BCUT2D eigenvalue weighted by Gasteiger charge is -2.29. The summed E-state index contributed by atoms with van der Waals surface area (Å²) in [6, 6.07) is 15.6. The first-order chi connectivity index (χ1) is 16.7. The van der Waals surface area contributed by atoms with E-state index in [1.165, 1.54) is 11.1 Å². The van der Waals surface area contributed by atoms with Crippen molar-refractivity contribution in [1.82, 2.24) is 19.9 Å². The van der Waals surface area contributed by atoms with E-state index in [-0.39, 0.29) is 17.1 Å². The van der Waals surface area contributed by atoms with Crippen LogP contribution >= 0.6 is 0 Å². The van der Waals surface area contributed by atoms with E-state index in [1.807, 2.05) is 12.1 Å². The lowest BCUT2D eigenvalue weighted by molar-refractivity contribution is 0.585. The molecule has 1 fully saturated rings. The van der Waals surface area contributed by atoms with E-state index in [0.717, 1.165) is 67.7 Å². The second-order valence-corrected chi connectivity index (χ2v) is 8.73. The van der Waals surface area contributed by atoms with Gasteiger partial charge < -0.3 is 20.1 Å². The molecule has 0 aliphatic carbocycles. The first-order valence-corrected chi connectivity index (χ1v) is 11.7. The molecule has 4 heterocycles. The highest BCUT2D eigenvalue weighted by molar-refractivity contribution is 5.83. The maximum absolute atomic E-state index is 14.9. The van der Waals surface area contributed by atoms with E-state index in [9.17, 15) is 4.39 Å². The van der Waals surface area contributed by atoms with Crippen molar-refractivity contribution in [2.24, 2.45) is 4.99 Å². The van der Waals surface area contributed by atoms with E-state index >= 15 is 0 Å². The fraction of sp³-hybridized carbons (Fsp3) is 0.269. The van der Waals surface area contributed by atoms with Gasteiger partial charge >= 0.3 is 0 Å². The summed E-state index contributed by atoms with van der Waals surface area (Å²) in [5, 5.41) is 6.82. The topological polar surface area (TPSA) is 70.4 Å². The number of rotatable bonds is 3. The molecule has 0 spiro atoms. The summed E-state index contributed by atoms with van der Waals surface area (Å²) in [6.07, 6.45) is 1.78. The fourth-order valence-corrected chi connectivity index (χ4v) is 4.81. The monoisotopic (exact) mass is 455 g/mol. The lowest BCUT2D eigenvalue weighted by atomic mass is 9.99. The number of pyridine rings is 1. The van der Waals surface area contributed by atoms with E-state index < -0.39 is 0 Å². The summed E-state index contributed by atoms with van der Waals surface area (Å²) in [5.41, 5.74) is 5.83. The number of aryl methyl sites for hydroxylation is 1. The van der Waals surface area contributed by atoms with Gasteiger partial charge in [0.15, 0.2) is 5.82 Å². The number of hydrogen-bond acceptors (Lipinski definition) is 6. The van der Waals surface area contributed by atoms with Crippen LogP contribution in [0.5, 0.6) is 0 Å². The number of anilines is 2. The standard InChI is InChI=1S/C26H26FN7/c1-17-4-2-3-5-20(17)21-14-18-16-30-26(32-24(18)34-13-10-29-25(21)34)31-23-7-6-19(15-22(23)27)33-11-8-28-9-12-33/h2-7,14-16,28-29H,8-13H2,1H3. The number of nitrogens with one attached hydrogen (secondary N) is 2. The highest BCUT2D eigenvalue weighted by Gasteiger charge is 2.22. The molecule has 8 heteroatoms. The SMILES string of the molecule is Cc1ccccc1-c1cc2cnc(=Nc3ccc(N4CCNCC4)cc3F)nc-2n2c1NCC2. The number of fused-ring (bicyclic) bond motifs is 3. The van der Waals surface area contributed by atoms with Crippen LogP contribution in [0.4, 0.5) is 21.6 Å². The van der Waals surface area contributed by atoms with Crippen molar-refractivity contribution in [3.8, 4) is 22.5 Å². The summed E-state index contributed by atoms with van der Waals surface area (Å²) in [4.78, 5) is 15.8. The lowest BCUT2D eigenvalue weighted by Crippen LogP contribution is -2.43.